The van der Waals surface area contributed by atoms with Gasteiger partial charge in [0.15, 0.2) is 0 Å². The van der Waals surface area contributed by atoms with Gasteiger partial charge in [-0.2, -0.15) is 0 Å². The highest BCUT2D eigenvalue weighted by molar-refractivity contribution is 7.99. The lowest BCUT2D eigenvalue weighted by molar-refractivity contribution is -0.136. The molecule has 4 rings (SSSR count). The molecular formula is C24H22F2N2O2S. The SMILES string of the molecule is CSN1Cc2cc(F)cnc2-c2c(C)c(-c3ccc(C)cc3F)c(CC(=O)O)c(C)c21. The van der Waals surface area contributed by atoms with Gasteiger partial charge in [-0.15, -0.1) is 0 Å². The zero-order valence-corrected chi connectivity index (χ0v) is 18.5. The number of nitrogens with zero attached hydrogens (tertiary/aromatic N) is 2. The van der Waals surface area contributed by atoms with Crippen LogP contribution in [0.3, 0.4) is 0 Å². The van der Waals surface area contributed by atoms with E-state index >= 15 is 4.39 Å². The largest absolute Gasteiger partial charge is 0.481 e. The van der Waals surface area contributed by atoms with Crippen LogP contribution in [0.5, 0.6) is 0 Å². The monoisotopic (exact) mass is 440 g/mol. The van der Waals surface area contributed by atoms with Crippen molar-refractivity contribution in [3.8, 4) is 22.4 Å². The third-order valence-corrected chi connectivity index (χ3v) is 6.52. The second-order valence-corrected chi connectivity index (χ2v) is 8.57. The highest BCUT2D eigenvalue weighted by atomic mass is 32.2. The van der Waals surface area contributed by atoms with Crippen molar-refractivity contribution in [2.75, 3.05) is 10.6 Å². The van der Waals surface area contributed by atoms with E-state index in [1.165, 1.54) is 30.3 Å². The Morgan fingerprint density at radius 2 is 1.90 bits per heavy atom. The van der Waals surface area contributed by atoms with Gasteiger partial charge in [-0.05, 0) is 60.7 Å². The molecule has 4 nitrogen and oxygen atoms in total. The van der Waals surface area contributed by atoms with Crippen LogP contribution in [0.25, 0.3) is 22.4 Å². The number of fused-ring (bicyclic) bond motifs is 3. The van der Waals surface area contributed by atoms with Crippen molar-refractivity contribution in [3.05, 3.63) is 69.9 Å². The van der Waals surface area contributed by atoms with Crippen molar-refractivity contribution in [1.82, 2.24) is 4.98 Å². The Bertz CT molecular complexity index is 1230. The van der Waals surface area contributed by atoms with Gasteiger partial charge in [0.25, 0.3) is 0 Å². The fourth-order valence-electron chi connectivity index (χ4n) is 4.42. The summed E-state index contributed by atoms with van der Waals surface area (Å²) < 4.78 is 31.0. The zero-order valence-electron chi connectivity index (χ0n) is 17.7. The summed E-state index contributed by atoms with van der Waals surface area (Å²) in [5.74, 6) is -1.80. The van der Waals surface area contributed by atoms with Crippen molar-refractivity contribution in [3.63, 3.8) is 0 Å². The summed E-state index contributed by atoms with van der Waals surface area (Å²) >= 11 is 1.48. The average Bonchev–Trinajstić information content (AvgIpc) is 2.71. The minimum absolute atomic E-state index is 0.228. The van der Waals surface area contributed by atoms with Crippen LogP contribution >= 0.6 is 11.9 Å². The second kappa shape index (κ2) is 7.96. The summed E-state index contributed by atoms with van der Waals surface area (Å²) in [7, 11) is 0. The van der Waals surface area contributed by atoms with Gasteiger partial charge in [-0.25, -0.2) is 8.78 Å². The smallest absolute Gasteiger partial charge is 0.307 e. The molecule has 7 heteroatoms. The van der Waals surface area contributed by atoms with Crippen molar-refractivity contribution in [2.45, 2.75) is 33.7 Å². The number of carboxylic acids is 1. The van der Waals surface area contributed by atoms with E-state index in [0.717, 1.165) is 33.5 Å². The van der Waals surface area contributed by atoms with E-state index in [2.05, 4.69) is 4.98 Å². The maximum Gasteiger partial charge on any atom is 0.307 e. The number of anilines is 1. The third-order valence-electron chi connectivity index (χ3n) is 5.77. The van der Waals surface area contributed by atoms with Crippen LogP contribution in [-0.2, 0) is 17.8 Å². The van der Waals surface area contributed by atoms with E-state index in [0.29, 0.717) is 28.9 Å². The molecule has 0 amide bonds. The fraction of sp³-hybridized carbons (Fsp3) is 0.250. The van der Waals surface area contributed by atoms with Crippen LogP contribution in [0, 0.1) is 32.4 Å². The predicted octanol–water partition coefficient (Wildman–Crippen LogP) is 5.84. The molecule has 1 aromatic heterocycles. The number of benzene rings is 2. The zero-order chi connectivity index (χ0) is 22.4. The molecule has 2 aromatic carbocycles. The van der Waals surface area contributed by atoms with Crippen LogP contribution in [0.15, 0.2) is 30.5 Å². The van der Waals surface area contributed by atoms with E-state index in [1.54, 1.807) is 13.0 Å². The molecule has 0 fully saturated rings. The number of aryl methyl sites for hydroxylation is 1. The molecule has 0 saturated carbocycles. The van der Waals surface area contributed by atoms with E-state index in [-0.39, 0.29) is 6.42 Å². The van der Waals surface area contributed by atoms with E-state index in [1.807, 2.05) is 30.5 Å². The lowest BCUT2D eigenvalue weighted by atomic mass is 9.82. The fourth-order valence-corrected chi connectivity index (χ4v) is 5.10. The number of pyridine rings is 1. The highest BCUT2D eigenvalue weighted by Gasteiger charge is 2.32. The summed E-state index contributed by atoms with van der Waals surface area (Å²) in [6.07, 6.45) is 2.87. The molecule has 0 spiro atoms. The Morgan fingerprint density at radius 1 is 1.16 bits per heavy atom. The quantitative estimate of drug-likeness (QED) is 0.516. The molecule has 0 bridgehead atoms. The number of aromatic nitrogens is 1. The third kappa shape index (κ3) is 3.57. The Balaban J connectivity index is 2.14. The van der Waals surface area contributed by atoms with Gasteiger partial charge >= 0.3 is 5.97 Å². The summed E-state index contributed by atoms with van der Waals surface area (Å²) in [5, 5.41) is 9.62. The topological polar surface area (TPSA) is 53.4 Å². The molecule has 0 saturated heterocycles. The van der Waals surface area contributed by atoms with Gasteiger partial charge in [0.2, 0.25) is 0 Å². The lowest BCUT2D eigenvalue weighted by Gasteiger charge is -2.35. The standard InChI is InChI=1S/C24H22F2N2O2S/c1-12-5-6-17(19(26)7-12)21-14(3)22-23-15(8-16(25)10-27-23)11-28(31-4)24(22)13(2)18(21)9-20(29)30/h5-8,10H,9,11H2,1-4H3,(H,29,30). The lowest BCUT2D eigenvalue weighted by Crippen LogP contribution is -2.23. The first-order valence-electron chi connectivity index (χ1n) is 9.83. The van der Waals surface area contributed by atoms with Gasteiger partial charge < -0.3 is 9.41 Å². The number of hydrogen-bond acceptors (Lipinski definition) is 4. The van der Waals surface area contributed by atoms with E-state index in [4.69, 9.17) is 0 Å². The van der Waals surface area contributed by atoms with Gasteiger partial charge in [0, 0.05) is 22.9 Å². The van der Waals surface area contributed by atoms with Gasteiger partial charge in [0.05, 0.1) is 30.5 Å². The van der Waals surface area contributed by atoms with Crippen LogP contribution < -0.4 is 4.31 Å². The maximum absolute atomic E-state index is 15.1. The number of aliphatic carboxylic acids is 1. The molecule has 1 N–H and O–H groups in total. The van der Waals surface area contributed by atoms with Crippen LogP contribution in [0.1, 0.15) is 27.8 Å². The van der Waals surface area contributed by atoms with Crippen molar-refractivity contribution < 1.29 is 18.7 Å². The minimum atomic E-state index is -0.983. The Morgan fingerprint density at radius 3 is 2.55 bits per heavy atom. The molecule has 1 aliphatic rings. The molecular weight excluding hydrogens is 418 g/mol. The molecule has 0 unspecified atom stereocenters. The van der Waals surface area contributed by atoms with Crippen molar-refractivity contribution in [1.29, 1.82) is 0 Å². The number of carbonyl (C=O) groups is 1. The minimum Gasteiger partial charge on any atom is -0.481 e. The van der Waals surface area contributed by atoms with Crippen LogP contribution in [-0.4, -0.2) is 22.3 Å². The number of halogens is 2. The molecule has 31 heavy (non-hydrogen) atoms. The molecule has 1 aliphatic heterocycles. The Labute approximate surface area is 184 Å². The number of carboxylic acid groups (broad SMARTS) is 1. The first-order chi connectivity index (χ1) is 14.7. The van der Waals surface area contributed by atoms with E-state index < -0.39 is 17.6 Å². The average molecular weight is 441 g/mol. The number of hydrogen-bond donors (Lipinski definition) is 1. The summed E-state index contributed by atoms with van der Waals surface area (Å²) in [4.78, 5) is 16.1. The first kappa shape index (κ1) is 21.3. The molecule has 0 atom stereocenters. The molecule has 0 radical (unpaired) electrons. The van der Waals surface area contributed by atoms with Gasteiger partial charge in [-0.1, -0.05) is 24.1 Å². The summed E-state index contributed by atoms with van der Waals surface area (Å²) in [6, 6.07) is 6.43. The molecule has 0 aliphatic carbocycles. The maximum atomic E-state index is 15.1. The normalized spacial score (nSPS) is 12.5. The highest BCUT2D eigenvalue weighted by Crippen LogP contribution is 2.49. The van der Waals surface area contributed by atoms with Crippen molar-refractivity contribution >= 4 is 23.6 Å². The molecule has 3 aromatic rings. The van der Waals surface area contributed by atoms with Crippen molar-refractivity contribution in [2.24, 2.45) is 0 Å². The summed E-state index contributed by atoms with van der Waals surface area (Å²) in [5.41, 5.74) is 6.82. The van der Waals surface area contributed by atoms with E-state index in [9.17, 15) is 14.3 Å². The molecule has 160 valence electrons. The first-order valence-corrected chi connectivity index (χ1v) is 11.0. The summed E-state index contributed by atoms with van der Waals surface area (Å²) in [6.45, 7) is 5.97. The Kier molecular flexibility index (Phi) is 5.47. The second-order valence-electron chi connectivity index (χ2n) is 7.76. The predicted molar refractivity (Wildman–Crippen MR) is 120 cm³/mol. The van der Waals surface area contributed by atoms with Crippen LogP contribution in [0.2, 0.25) is 0 Å². The van der Waals surface area contributed by atoms with Gasteiger partial charge in [0.1, 0.15) is 11.6 Å². The Hall–Kier alpha value is -2.93. The number of rotatable bonds is 4. The van der Waals surface area contributed by atoms with Gasteiger partial charge in [-0.3, -0.25) is 9.78 Å². The van der Waals surface area contributed by atoms with Crippen LogP contribution in [0.4, 0.5) is 14.5 Å². The molecule has 2 heterocycles.